The summed E-state index contributed by atoms with van der Waals surface area (Å²) in [4.78, 5) is 23.2. The molecule has 7 heteroatoms. The smallest absolute Gasteiger partial charge is 0.262 e. The van der Waals surface area contributed by atoms with Crippen LogP contribution in [0.2, 0.25) is 10.0 Å². The van der Waals surface area contributed by atoms with Crippen molar-refractivity contribution < 1.29 is 14.3 Å². The number of ether oxygens (including phenoxy) is 1. The van der Waals surface area contributed by atoms with Crippen LogP contribution in [0.25, 0.3) is 0 Å². The summed E-state index contributed by atoms with van der Waals surface area (Å²) < 4.78 is 5.31. The van der Waals surface area contributed by atoms with Crippen LogP contribution in [0.1, 0.15) is 10.4 Å². The van der Waals surface area contributed by atoms with E-state index in [2.05, 4.69) is 5.32 Å². The number of primary amides is 1. The van der Waals surface area contributed by atoms with Gasteiger partial charge in [-0.15, -0.1) is 0 Å². The average molecular weight is 339 g/mol. The van der Waals surface area contributed by atoms with Crippen LogP contribution in [0.3, 0.4) is 0 Å². The third-order valence-electron chi connectivity index (χ3n) is 2.72. The molecule has 0 spiro atoms. The lowest BCUT2D eigenvalue weighted by Crippen LogP contribution is -2.23. The molecule has 0 heterocycles. The summed E-state index contributed by atoms with van der Waals surface area (Å²) in [6, 6.07) is 11.1. The molecule has 2 amide bonds. The molecule has 0 unspecified atom stereocenters. The number of amides is 2. The SMILES string of the molecule is NC(=O)c1ccccc1NC(=O)COc1cc(Cl)ccc1Cl. The summed E-state index contributed by atoms with van der Waals surface area (Å²) >= 11 is 11.8. The van der Waals surface area contributed by atoms with E-state index in [9.17, 15) is 9.59 Å². The van der Waals surface area contributed by atoms with Crippen molar-refractivity contribution in [1.29, 1.82) is 0 Å². The first kappa shape index (κ1) is 16.1. The van der Waals surface area contributed by atoms with E-state index in [4.69, 9.17) is 33.7 Å². The van der Waals surface area contributed by atoms with Gasteiger partial charge in [-0.3, -0.25) is 9.59 Å². The molecule has 2 rings (SSSR count). The van der Waals surface area contributed by atoms with Gasteiger partial charge < -0.3 is 15.8 Å². The second kappa shape index (κ2) is 7.15. The molecule has 0 aliphatic rings. The van der Waals surface area contributed by atoms with Gasteiger partial charge in [0, 0.05) is 11.1 Å². The van der Waals surface area contributed by atoms with Crippen molar-refractivity contribution in [3.63, 3.8) is 0 Å². The van der Waals surface area contributed by atoms with E-state index in [1.807, 2.05) is 0 Å². The quantitative estimate of drug-likeness (QED) is 0.878. The van der Waals surface area contributed by atoms with Crippen LogP contribution in [0.5, 0.6) is 5.75 Å². The Balaban J connectivity index is 2.02. The molecule has 0 saturated heterocycles. The van der Waals surface area contributed by atoms with Crippen molar-refractivity contribution in [2.24, 2.45) is 5.73 Å². The second-order valence-corrected chi connectivity index (χ2v) is 5.17. The first-order valence-corrected chi connectivity index (χ1v) is 6.99. The first-order chi connectivity index (χ1) is 10.5. The Morgan fingerprint density at radius 3 is 2.59 bits per heavy atom. The Hall–Kier alpha value is -2.24. The van der Waals surface area contributed by atoms with Crippen LogP contribution < -0.4 is 15.8 Å². The fourth-order valence-electron chi connectivity index (χ4n) is 1.72. The topological polar surface area (TPSA) is 81.4 Å². The molecular weight excluding hydrogens is 327 g/mol. The minimum atomic E-state index is -0.630. The Bertz CT molecular complexity index is 720. The van der Waals surface area contributed by atoms with E-state index >= 15 is 0 Å². The van der Waals surface area contributed by atoms with Crippen LogP contribution in [0.4, 0.5) is 5.69 Å². The maximum absolute atomic E-state index is 11.9. The van der Waals surface area contributed by atoms with Gasteiger partial charge >= 0.3 is 0 Å². The summed E-state index contributed by atoms with van der Waals surface area (Å²) in [7, 11) is 0. The summed E-state index contributed by atoms with van der Waals surface area (Å²) in [6.45, 7) is -0.285. The number of carbonyl (C=O) groups is 2. The number of hydrogen-bond acceptors (Lipinski definition) is 3. The molecule has 2 aromatic rings. The predicted octanol–water partition coefficient (Wildman–Crippen LogP) is 3.11. The Morgan fingerprint density at radius 2 is 1.86 bits per heavy atom. The van der Waals surface area contributed by atoms with E-state index in [1.54, 1.807) is 30.3 Å². The van der Waals surface area contributed by atoms with Gasteiger partial charge in [-0.05, 0) is 24.3 Å². The highest BCUT2D eigenvalue weighted by atomic mass is 35.5. The van der Waals surface area contributed by atoms with E-state index in [-0.39, 0.29) is 12.2 Å². The standard InChI is InChI=1S/C15H12Cl2N2O3/c16-9-5-6-11(17)13(7-9)22-8-14(20)19-12-4-2-1-3-10(12)15(18)21/h1-7H,8H2,(H2,18,21)(H,19,20). The zero-order valence-corrected chi connectivity index (χ0v) is 12.8. The fraction of sp³-hybridized carbons (Fsp3) is 0.0667. The number of anilines is 1. The third-order valence-corrected chi connectivity index (χ3v) is 3.27. The van der Waals surface area contributed by atoms with Gasteiger partial charge in [-0.25, -0.2) is 0 Å². The van der Waals surface area contributed by atoms with Crippen molar-refractivity contribution in [1.82, 2.24) is 0 Å². The first-order valence-electron chi connectivity index (χ1n) is 6.24. The number of para-hydroxylation sites is 1. The fourth-order valence-corrected chi connectivity index (χ4v) is 2.06. The van der Waals surface area contributed by atoms with Crippen LogP contribution >= 0.6 is 23.2 Å². The molecule has 22 heavy (non-hydrogen) atoms. The monoisotopic (exact) mass is 338 g/mol. The number of rotatable bonds is 5. The van der Waals surface area contributed by atoms with Crippen molar-refractivity contribution in [2.45, 2.75) is 0 Å². The minimum absolute atomic E-state index is 0.219. The molecule has 0 atom stereocenters. The molecule has 0 aliphatic carbocycles. The van der Waals surface area contributed by atoms with Crippen molar-refractivity contribution in [2.75, 3.05) is 11.9 Å². The number of halogens is 2. The summed E-state index contributed by atoms with van der Waals surface area (Å²) in [5.74, 6) is -0.785. The molecule has 0 aliphatic heterocycles. The van der Waals surface area contributed by atoms with Crippen molar-refractivity contribution >= 4 is 40.7 Å². The highest BCUT2D eigenvalue weighted by Crippen LogP contribution is 2.27. The number of hydrogen-bond donors (Lipinski definition) is 2. The largest absolute Gasteiger partial charge is 0.482 e. The van der Waals surface area contributed by atoms with E-state index < -0.39 is 11.8 Å². The lowest BCUT2D eigenvalue weighted by Gasteiger charge is -2.10. The van der Waals surface area contributed by atoms with Crippen molar-refractivity contribution in [3.05, 3.63) is 58.1 Å². The molecule has 114 valence electrons. The van der Waals surface area contributed by atoms with Crippen LogP contribution in [0.15, 0.2) is 42.5 Å². The average Bonchev–Trinajstić information content (AvgIpc) is 2.48. The van der Waals surface area contributed by atoms with Gasteiger partial charge in [0.15, 0.2) is 6.61 Å². The van der Waals surface area contributed by atoms with Gasteiger partial charge in [-0.2, -0.15) is 0 Å². The Kier molecular flexibility index (Phi) is 5.25. The Morgan fingerprint density at radius 1 is 1.14 bits per heavy atom. The maximum Gasteiger partial charge on any atom is 0.262 e. The zero-order chi connectivity index (χ0) is 16.1. The van der Waals surface area contributed by atoms with Crippen LogP contribution in [-0.2, 0) is 4.79 Å². The van der Waals surface area contributed by atoms with Gasteiger partial charge in [0.05, 0.1) is 16.3 Å². The summed E-state index contributed by atoms with van der Waals surface area (Å²) in [5, 5.41) is 3.34. The maximum atomic E-state index is 11.9. The van der Waals surface area contributed by atoms with Gasteiger partial charge in [-0.1, -0.05) is 35.3 Å². The van der Waals surface area contributed by atoms with Gasteiger partial charge in [0.2, 0.25) is 0 Å². The molecule has 5 nitrogen and oxygen atoms in total. The van der Waals surface area contributed by atoms with Gasteiger partial charge in [0.1, 0.15) is 5.75 Å². The lowest BCUT2D eigenvalue weighted by atomic mass is 10.1. The van der Waals surface area contributed by atoms with E-state index in [1.165, 1.54) is 12.1 Å². The molecule has 3 N–H and O–H groups in total. The van der Waals surface area contributed by atoms with Gasteiger partial charge in [0.25, 0.3) is 11.8 Å². The zero-order valence-electron chi connectivity index (χ0n) is 11.3. The number of carbonyl (C=O) groups excluding carboxylic acids is 2. The second-order valence-electron chi connectivity index (χ2n) is 4.32. The number of nitrogens with one attached hydrogen (secondary N) is 1. The van der Waals surface area contributed by atoms with E-state index in [0.717, 1.165) is 0 Å². The van der Waals surface area contributed by atoms with Crippen LogP contribution in [-0.4, -0.2) is 18.4 Å². The Labute approximate surface area is 137 Å². The molecule has 0 bridgehead atoms. The molecule has 0 fully saturated rings. The minimum Gasteiger partial charge on any atom is -0.482 e. The molecular formula is C15H12Cl2N2O3. The highest BCUT2D eigenvalue weighted by molar-refractivity contribution is 6.34. The summed E-state index contributed by atoms with van der Waals surface area (Å²) in [5.41, 5.74) is 5.78. The summed E-state index contributed by atoms with van der Waals surface area (Å²) in [6.07, 6.45) is 0. The van der Waals surface area contributed by atoms with Crippen molar-refractivity contribution in [3.8, 4) is 5.75 Å². The molecule has 0 saturated carbocycles. The van der Waals surface area contributed by atoms with Crippen LogP contribution in [0, 0.1) is 0 Å². The number of benzene rings is 2. The third kappa shape index (κ3) is 4.13. The highest BCUT2D eigenvalue weighted by Gasteiger charge is 2.11. The molecule has 0 aromatic heterocycles. The molecule has 0 radical (unpaired) electrons. The van der Waals surface area contributed by atoms with E-state index in [0.29, 0.717) is 21.5 Å². The number of nitrogens with two attached hydrogens (primary N) is 1. The molecule has 2 aromatic carbocycles. The lowest BCUT2D eigenvalue weighted by molar-refractivity contribution is -0.118. The predicted molar refractivity (Wildman–Crippen MR) is 85.5 cm³/mol. The normalized spacial score (nSPS) is 10.1.